The molecule has 1 saturated heterocycles. The van der Waals surface area contributed by atoms with E-state index in [9.17, 15) is 4.79 Å². The number of nitrogens with two attached hydrogens (primary N) is 1. The van der Waals surface area contributed by atoms with Gasteiger partial charge in [-0.3, -0.25) is 0 Å². The van der Waals surface area contributed by atoms with E-state index in [-0.39, 0.29) is 30.0 Å². The summed E-state index contributed by atoms with van der Waals surface area (Å²) in [4.78, 5) is 17.7. The molecule has 0 radical (unpaired) electrons. The van der Waals surface area contributed by atoms with Crippen molar-refractivity contribution in [1.29, 1.82) is 0 Å². The molecular weight excluding hydrogens is 453 g/mol. The molecule has 0 spiro atoms. The molecule has 2 aromatic carbocycles. The lowest BCUT2D eigenvalue weighted by atomic mass is 10.0. The number of carbonyl (C=O) groups excluding carboxylic acids is 1. The lowest BCUT2D eigenvalue weighted by molar-refractivity contribution is 0.188. The highest BCUT2D eigenvalue weighted by atomic mass is 127. The van der Waals surface area contributed by atoms with Crippen molar-refractivity contribution >= 4 is 46.7 Å². The number of piperidine rings is 1. The number of nitrogens with one attached hydrogen (secondary N) is 2. The van der Waals surface area contributed by atoms with Crippen LogP contribution in [0.1, 0.15) is 25.3 Å². The van der Waals surface area contributed by atoms with Crippen LogP contribution in [-0.4, -0.2) is 42.6 Å². The highest BCUT2D eigenvalue weighted by Crippen LogP contribution is 2.19. The van der Waals surface area contributed by atoms with Crippen LogP contribution in [0, 0.1) is 0 Å². The molecule has 1 aliphatic rings. The summed E-state index contributed by atoms with van der Waals surface area (Å²) in [5.41, 5.74) is 6.56. The summed E-state index contributed by atoms with van der Waals surface area (Å²) in [7, 11) is 0. The Morgan fingerprint density at radius 1 is 1.19 bits per heavy atom. The number of amides is 2. The Labute approximate surface area is 177 Å². The normalized spacial score (nSPS) is 15.3. The Morgan fingerprint density at radius 3 is 2.59 bits per heavy atom. The van der Waals surface area contributed by atoms with E-state index in [1.165, 1.54) is 16.3 Å². The first-order chi connectivity index (χ1) is 12.7. The third-order valence-corrected chi connectivity index (χ3v) is 4.78. The summed E-state index contributed by atoms with van der Waals surface area (Å²) in [5, 5.41) is 9.28. The molecule has 2 amide bonds. The zero-order valence-electron chi connectivity index (χ0n) is 15.6. The SMILES string of the molecule is CCNC(=NCc1cccc2ccccc12)NC1CCN(C(N)=O)CC1.I. The molecule has 0 aliphatic carbocycles. The molecule has 2 aromatic rings. The van der Waals surface area contributed by atoms with Crippen LogP contribution in [0.2, 0.25) is 0 Å². The predicted molar refractivity (Wildman–Crippen MR) is 121 cm³/mol. The van der Waals surface area contributed by atoms with Crippen molar-refractivity contribution in [3.63, 3.8) is 0 Å². The molecule has 7 heteroatoms. The van der Waals surface area contributed by atoms with E-state index in [2.05, 4.69) is 60.0 Å². The van der Waals surface area contributed by atoms with Crippen molar-refractivity contribution in [2.45, 2.75) is 32.4 Å². The molecule has 0 unspecified atom stereocenters. The van der Waals surface area contributed by atoms with Crippen molar-refractivity contribution < 1.29 is 4.79 Å². The number of halogens is 1. The summed E-state index contributed by atoms with van der Waals surface area (Å²) >= 11 is 0. The first-order valence-electron chi connectivity index (χ1n) is 9.23. The summed E-state index contributed by atoms with van der Waals surface area (Å²) in [6.07, 6.45) is 1.75. The number of aliphatic imine (C=N–C) groups is 1. The Bertz CT molecular complexity index is 782. The molecule has 6 nitrogen and oxygen atoms in total. The Hall–Kier alpha value is -2.03. The van der Waals surface area contributed by atoms with Gasteiger partial charge in [0.25, 0.3) is 0 Å². The van der Waals surface area contributed by atoms with E-state index < -0.39 is 0 Å². The minimum atomic E-state index is -0.333. The highest BCUT2D eigenvalue weighted by molar-refractivity contribution is 14.0. The van der Waals surface area contributed by atoms with Crippen molar-refractivity contribution in [3.8, 4) is 0 Å². The minimum Gasteiger partial charge on any atom is -0.357 e. The third kappa shape index (κ3) is 5.72. The standard InChI is InChI=1S/C20H27N5O.HI/c1-2-22-20(24-17-10-12-25(13-11-17)19(21)26)23-14-16-8-5-7-15-6-3-4-9-18(15)16;/h3-9,17H,2,10-14H2,1H3,(H2,21,26)(H2,22,23,24);1H. The maximum atomic E-state index is 11.2. The van der Waals surface area contributed by atoms with E-state index in [0.717, 1.165) is 25.3 Å². The molecule has 1 aliphatic heterocycles. The topological polar surface area (TPSA) is 82.8 Å². The van der Waals surface area contributed by atoms with Gasteiger partial charge in [0.15, 0.2) is 5.96 Å². The van der Waals surface area contributed by atoms with E-state index in [1.54, 1.807) is 4.90 Å². The first kappa shape index (κ1) is 21.3. The van der Waals surface area contributed by atoms with Crippen molar-refractivity contribution in [2.75, 3.05) is 19.6 Å². The van der Waals surface area contributed by atoms with Crippen LogP contribution in [-0.2, 0) is 6.54 Å². The molecule has 0 bridgehead atoms. The number of fused-ring (bicyclic) bond motifs is 1. The molecule has 1 heterocycles. The summed E-state index contributed by atoms with van der Waals surface area (Å²) in [6.45, 7) is 4.87. The maximum Gasteiger partial charge on any atom is 0.314 e. The second kappa shape index (κ2) is 10.3. The number of urea groups is 1. The highest BCUT2D eigenvalue weighted by Gasteiger charge is 2.21. The number of likely N-dealkylation sites (tertiary alicyclic amines) is 1. The van der Waals surface area contributed by atoms with Gasteiger partial charge >= 0.3 is 6.03 Å². The zero-order chi connectivity index (χ0) is 18.4. The first-order valence-corrected chi connectivity index (χ1v) is 9.23. The molecule has 0 saturated carbocycles. The van der Waals surface area contributed by atoms with Gasteiger partial charge in [0.2, 0.25) is 0 Å². The fraction of sp³-hybridized carbons (Fsp3) is 0.400. The fourth-order valence-electron chi connectivity index (χ4n) is 3.35. The van der Waals surface area contributed by atoms with Gasteiger partial charge in [-0.05, 0) is 36.1 Å². The summed E-state index contributed by atoms with van der Waals surface area (Å²) in [5.74, 6) is 0.818. The molecule has 146 valence electrons. The summed E-state index contributed by atoms with van der Waals surface area (Å²) in [6, 6.07) is 14.7. The number of guanidine groups is 1. The van der Waals surface area contributed by atoms with Gasteiger partial charge in [0.1, 0.15) is 0 Å². The number of benzene rings is 2. The summed E-state index contributed by atoms with van der Waals surface area (Å²) < 4.78 is 0. The number of hydrogen-bond donors (Lipinski definition) is 3. The number of carbonyl (C=O) groups is 1. The zero-order valence-corrected chi connectivity index (χ0v) is 18.0. The second-order valence-corrected chi connectivity index (χ2v) is 6.58. The number of rotatable bonds is 4. The molecule has 0 atom stereocenters. The van der Waals surface area contributed by atoms with Gasteiger partial charge in [0.05, 0.1) is 6.54 Å². The Morgan fingerprint density at radius 2 is 1.89 bits per heavy atom. The maximum absolute atomic E-state index is 11.2. The lowest BCUT2D eigenvalue weighted by Crippen LogP contribution is -2.50. The van der Waals surface area contributed by atoms with E-state index in [1.807, 2.05) is 0 Å². The van der Waals surface area contributed by atoms with Gasteiger partial charge in [0, 0.05) is 25.7 Å². The van der Waals surface area contributed by atoms with Gasteiger partial charge < -0.3 is 21.3 Å². The van der Waals surface area contributed by atoms with Gasteiger partial charge in [-0.25, -0.2) is 9.79 Å². The van der Waals surface area contributed by atoms with E-state index >= 15 is 0 Å². The Kier molecular flexibility index (Phi) is 8.15. The Balaban J connectivity index is 0.00000261. The predicted octanol–water partition coefficient (Wildman–Crippen LogP) is 3.06. The lowest BCUT2D eigenvalue weighted by Gasteiger charge is -2.32. The van der Waals surface area contributed by atoms with Crippen LogP contribution in [0.3, 0.4) is 0 Å². The van der Waals surface area contributed by atoms with Crippen LogP contribution >= 0.6 is 24.0 Å². The van der Waals surface area contributed by atoms with Gasteiger partial charge in [-0.15, -0.1) is 24.0 Å². The van der Waals surface area contributed by atoms with E-state index in [0.29, 0.717) is 25.7 Å². The quantitative estimate of drug-likeness (QED) is 0.357. The minimum absolute atomic E-state index is 0. The van der Waals surface area contributed by atoms with Crippen LogP contribution in [0.4, 0.5) is 4.79 Å². The third-order valence-electron chi connectivity index (χ3n) is 4.78. The van der Waals surface area contributed by atoms with Crippen LogP contribution in [0.15, 0.2) is 47.5 Å². The van der Waals surface area contributed by atoms with Crippen LogP contribution < -0.4 is 16.4 Å². The molecule has 0 aromatic heterocycles. The smallest absolute Gasteiger partial charge is 0.314 e. The monoisotopic (exact) mass is 481 g/mol. The average molecular weight is 481 g/mol. The molecule has 4 N–H and O–H groups in total. The van der Waals surface area contributed by atoms with Crippen molar-refractivity contribution in [1.82, 2.24) is 15.5 Å². The molecular formula is C20H28IN5O. The van der Waals surface area contributed by atoms with Gasteiger partial charge in [-0.2, -0.15) is 0 Å². The molecule has 3 rings (SSSR count). The largest absolute Gasteiger partial charge is 0.357 e. The number of primary amides is 1. The van der Waals surface area contributed by atoms with Crippen molar-refractivity contribution in [3.05, 3.63) is 48.0 Å². The average Bonchev–Trinajstić information content (AvgIpc) is 2.66. The molecule has 27 heavy (non-hydrogen) atoms. The van der Waals surface area contributed by atoms with Crippen LogP contribution in [0.5, 0.6) is 0 Å². The molecule has 1 fully saturated rings. The van der Waals surface area contributed by atoms with E-state index in [4.69, 9.17) is 10.7 Å². The van der Waals surface area contributed by atoms with Crippen molar-refractivity contribution in [2.24, 2.45) is 10.7 Å². The van der Waals surface area contributed by atoms with Crippen LogP contribution in [0.25, 0.3) is 10.8 Å². The van der Waals surface area contributed by atoms with Gasteiger partial charge in [-0.1, -0.05) is 42.5 Å². The number of hydrogen-bond acceptors (Lipinski definition) is 2. The fourth-order valence-corrected chi connectivity index (χ4v) is 3.35. The second-order valence-electron chi connectivity index (χ2n) is 6.58. The number of nitrogens with zero attached hydrogens (tertiary/aromatic N) is 2.